The fraction of sp³-hybridized carbons (Fsp3) is 0.800. The van der Waals surface area contributed by atoms with E-state index in [1.165, 1.54) is 7.11 Å². The van der Waals surface area contributed by atoms with Crippen LogP contribution in [0.2, 0.25) is 0 Å². The van der Waals surface area contributed by atoms with Gasteiger partial charge in [0.1, 0.15) is 6.10 Å². The molecule has 0 aromatic rings. The summed E-state index contributed by atoms with van der Waals surface area (Å²) >= 11 is 3.18. The molecular weight excluding hydrogens is 188 g/mol. The molecule has 0 aromatic carbocycles. The zero-order chi connectivity index (χ0) is 6.85. The van der Waals surface area contributed by atoms with Crippen molar-refractivity contribution in [2.75, 3.05) is 12.4 Å². The zero-order valence-electron chi connectivity index (χ0n) is 4.96. The van der Waals surface area contributed by atoms with Gasteiger partial charge in [0.25, 0.3) is 0 Å². The lowest BCUT2D eigenvalue weighted by molar-refractivity contribution is -0.142. The van der Waals surface area contributed by atoms with Gasteiger partial charge < -0.3 is 9.47 Å². The summed E-state index contributed by atoms with van der Waals surface area (Å²) in [7, 11) is 1.36. The van der Waals surface area contributed by atoms with Gasteiger partial charge in [-0.2, -0.15) is 0 Å². The van der Waals surface area contributed by atoms with Crippen LogP contribution in [0.25, 0.3) is 0 Å². The van der Waals surface area contributed by atoms with Crippen LogP contribution in [-0.4, -0.2) is 30.6 Å². The molecule has 0 N–H and O–H groups in total. The van der Waals surface area contributed by atoms with Crippen molar-refractivity contribution < 1.29 is 14.3 Å². The first kappa shape index (κ1) is 7.02. The average molecular weight is 195 g/mol. The van der Waals surface area contributed by atoms with Gasteiger partial charge in [0.2, 0.25) is 0 Å². The van der Waals surface area contributed by atoms with Crippen molar-refractivity contribution in [3.63, 3.8) is 0 Å². The van der Waals surface area contributed by atoms with Gasteiger partial charge in [-0.1, -0.05) is 15.9 Å². The van der Waals surface area contributed by atoms with E-state index in [1.54, 1.807) is 0 Å². The van der Waals surface area contributed by atoms with E-state index in [4.69, 9.17) is 4.74 Å². The lowest BCUT2D eigenvalue weighted by Gasteiger charge is -1.89. The van der Waals surface area contributed by atoms with Gasteiger partial charge in [-0.05, 0) is 0 Å². The third kappa shape index (κ3) is 1.43. The third-order valence-electron chi connectivity index (χ3n) is 1.17. The minimum absolute atomic E-state index is 0.0393. The van der Waals surface area contributed by atoms with E-state index >= 15 is 0 Å². The topological polar surface area (TPSA) is 38.8 Å². The van der Waals surface area contributed by atoms with Crippen LogP contribution in [-0.2, 0) is 14.3 Å². The zero-order valence-corrected chi connectivity index (χ0v) is 6.55. The first-order chi connectivity index (χ1) is 4.29. The average Bonchev–Trinajstić information content (AvgIpc) is 2.64. The number of hydrogen-bond acceptors (Lipinski definition) is 3. The van der Waals surface area contributed by atoms with Crippen molar-refractivity contribution in [3.05, 3.63) is 0 Å². The fourth-order valence-electron chi connectivity index (χ4n) is 0.584. The van der Waals surface area contributed by atoms with Crippen LogP contribution < -0.4 is 0 Å². The minimum atomic E-state index is -0.311. The number of epoxide rings is 1. The Hall–Kier alpha value is -0.0900. The maximum atomic E-state index is 10.6. The van der Waals surface area contributed by atoms with E-state index in [0.29, 0.717) is 5.33 Å². The molecule has 2 atom stereocenters. The number of alkyl halides is 1. The largest absolute Gasteiger partial charge is 0.467 e. The number of hydrogen-bond donors (Lipinski definition) is 0. The van der Waals surface area contributed by atoms with E-state index in [2.05, 4.69) is 20.7 Å². The molecule has 0 amide bonds. The maximum Gasteiger partial charge on any atom is 0.337 e. The van der Waals surface area contributed by atoms with Gasteiger partial charge in [0, 0.05) is 5.33 Å². The van der Waals surface area contributed by atoms with Crippen LogP contribution in [0.3, 0.4) is 0 Å². The van der Waals surface area contributed by atoms with Gasteiger partial charge in [-0.3, -0.25) is 0 Å². The summed E-state index contributed by atoms with van der Waals surface area (Å²) in [5, 5.41) is 0.701. The van der Waals surface area contributed by atoms with E-state index in [0.717, 1.165) is 0 Å². The quantitative estimate of drug-likeness (QED) is 0.362. The number of ether oxygens (including phenoxy) is 2. The third-order valence-corrected chi connectivity index (χ3v) is 1.81. The normalized spacial score (nSPS) is 31.8. The highest BCUT2D eigenvalue weighted by Crippen LogP contribution is 2.24. The van der Waals surface area contributed by atoms with Gasteiger partial charge in [-0.25, -0.2) is 4.79 Å². The molecule has 1 heterocycles. The van der Waals surface area contributed by atoms with E-state index < -0.39 is 0 Å². The number of carbonyl (C=O) groups is 1. The Labute approximate surface area is 61.4 Å². The maximum absolute atomic E-state index is 10.6. The molecule has 9 heavy (non-hydrogen) atoms. The van der Waals surface area contributed by atoms with E-state index in [1.807, 2.05) is 0 Å². The van der Waals surface area contributed by atoms with Crippen molar-refractivity contribution in [1.29, 1.82) is 0 Å². The SMILES string of the molecule is COC(=O)[C@@H]1O[C@H]1CBr. The van der Waals surface area contributed by atoms with Crippen molar-refractivity contribution >= 4 is 21.9 Å². The highest BCUT2D eigenvalue weighted by Gasteiger charge is 2.44. The number of methoxy groups -OCH3 is 1. The summed E-state index contributed by atoms with van der Waals surface area (Å²) in [6, 6.07) is 0. The van der Waals surface area contributed by atoms with Crippen LogP contribution >= 0.6 is 15.9 Å². The van der Waals surface area contributed by atoms with Gasteiger partial charge in [0.15, 0.2) is 6.10 Å². The summed E-state index contributed by atoms with van der Waals surface area (Å²) < 4.78 is 9.32. The Morgan fingerprint density at radius 3 is 2.89 bits per heavy atom. The molecule has 0 radical (unpaired) electrons. The molecule has 1 aliphatic rings. The molecule has 0 aliphatic carbocycles. The molecule has 1 aliphatic heterocycles. The second kappa shape index (κ2) is 2.66. The molecule has 52 valence electrons. The second-order valence-electron chi connectivity index (χ2n) is 1.77. The Morgan fingerprint density at radius 1 is 1.89 bits per heavy atom. The van der Waals surface area contributed by atoms with Crippen LogP contribution in [0.4, 0.5) is 0 Å². The molecule has 4 heteroatoms. The van der Waals surface area contributed by atoms with Crippen molar-refractivity contribution in [3.8, 4) is 0 Å². The molecule has 3 nitrogen and oxygen atoms in total. The lowest BCUT2D eigenvalue weighted by atomic mass is 10.3. The van der Waals surface area contributed by atoms with Crippen LogP contribution in [0.15, 0.2) is 0 Å². The molecule has 0 aromatic heterocycles. The Bertz CT molecular complexity index is 125. The summed E-state index contributed by atoms with van der Waals surface area (Å²) in [4.78, 5) is 10.6. The molecule has 1 saturated heterocycles. The van der Waals surface area contributed by atoms with Crippen molar-refractivity contribution in [2.45, 2.75) is 12.2 Å². The molecule has 0 spiro atoms. The molecular formula is C5H7BrO3. The summed E-state index contributed by atoms with van der Waals surface area (Å²) in [5.74, 6) is -0.278. The lowest BCUT2D eigenvalue weighted by Crippen LogP contribution is -2.11. The van der Waals surface area contributed by atoms with Gasteiger partial charge in [-0.15, -0.1) is 0 Å². The van der Waals surface area contributed by atoms with E-state index in [-0.39, 0.29) is 18.2 Å². The first-order valence-corrected chi connectivity index (χ1v) is 3.71. The monoisotopic (exact) mass is 194 g/mol. The van der Waals surface area contributed by atoms with Crippen LogP contribution in [0, 0.1) is 0 Å². The van der Waals surface area contributed by atoms with Gasteiger partial charge in [0.05, 0.1) is 7.11 Å². The van der Waals surface area contributed by atoms with Crippen molar-refractivity contribution in [2.24, 2.45) is 0 Å². The molecule has 0 unspecified atom stereocenters. The Morgan fingerprint density at radius 2 is 2.56 bits per heavy atom. The number of halogens is 1. The fourth-order valence-corrected chi connectivity index (χ4v) is 1.08. The minimum Gasteiger partial charge on any atom is -0.467 e. The van der Waals surface area contributed by atoms with Crippen molar-refractivity contribution in [1.82, 2.24) is 0 Å². The summed E-state index contributed by atoms with van der Waals surface area (Å²) in [6.45, 7) is 0. The molecule has 1 rings (SSSR count). The highest BCUT2D eigenvalue weighted by molar-refractivity contribution is 9.09. The number of rotatable bonds is 2. The molecule has 1 fully saturated rings. The standard InChI is InChI=1S/C5H7BrO3/c1-8-5(7)4-3(2-6)9-4/h3-4H,2H2,1H3/t3-,4+/m0/s1. The predicted molar refractivity (Wildman–Crippen MR) is 34.5 cm³/mol. The summed E-state index contributed by atoms with van der Waals surface area (Å²) in [6.07, 6.45) is -0.271. The highest BCUT2D eigenvalue weighted by atomic mass is 79.9. The van der Waals surface area contributed by atoms with E-state index in [9.17, 15) is 4.79 Å². The van der Waals surface area contributed by atoms with Crippen LogP contribution in [0.5, 0.6) is 0 Å². The summed E-state index contributed by atoms with van der Waals surface area (Å²) in [5.41, 5.74) is 0. The molecule has 0 bridgehead atoms. The first-order valence-electron chi connectivity index (χ1n) is 2.59. The number of carbonyl (C=O) groups excluding carboxylic acids is 1. The van der Waals surface area contributed by atoms with Gasteiger partial charge >= 0.3 is 5.97 Å². The Kier molecular flexibility index (Phi) is 2.08. The van der Waals surface area contributed by atoms with Crippen LogP contribution in [0.1, 0.15) is 0 Å². The predicted octanol–water partition coefficient (Wildman–Crippen LogP) is 0.322. The smallest absolute Gasteiger partial charge is 0.337 e. The number of esters is 1. The molecule has 0 saturated carbocycles. The second-order valence-corrected chi connectivity index (χ2v) is 2.42. The Balaban J connectivity index is 2.25.